The van der Waals surface area contributed by atoms with Gasteiger partial charge in [0.05, 0.1) is 12.7 Å². The van der Waals surface area contributed by atoms with E-state index in [1.807, 2.05) is 67.0 Å². The molecule has 4 atom stereocenters. The lowest BCUT2D eigenvalue weighted by Gasteiger charge is -2.44. The Bertz CT molecular complexity index is 1540. The Morgan fingerprint density at radius 2 is 1.83 bits per heavy atom. The molecule has 6 heterocycles. The second-order valence-corrected chi connectivity index (χ2v) is 13.6. The molecule has 2 aromatic heterocycles. The summed E-state index contributed by atoms with van der Waals surface area (Å²) in [5.74, 6) is 2.08. The van der Waals surface area contributed by atoms with Crippen LogP contribution in [0.3, 0.4) is 0 Å². The van der Waals surface area contributed by atoms with Crippen molar-refractivity contribution in [2.45, 2.75) is 95.7 Å². The minimum absolute atomic E-state index is 0.0241. The third-order valence-corrected chi connectivity index (χ3v) is 9.33. The molecule has 3 fully saturated rings. The number of benzene rings is 1. The van der Waals surface area contributed by atoms with Gasteiger partial charge in [-0.1, -0.05) is 6.07 Å². The van der Waals surface area contributed by atoms with Gasteiger partial charge in [0.1, 0.15) is 29.9 Å². The van der Waals surface area contributed by atoms with E-state index in [1.165, 1.54) is 0 Å². The first-order valence-corrected chi connectivity index (χ1v) is 16.5. The Morgan fingerprint density at radius 1 is 1.00 bits per heavy atom. The average molecular weight is 633 g/mol. The topological polar surface area (TPSA) is 113 Å². The molecule has 0 radical (unpaired) electrons. The van der Waals surface area contributed by atoms with Crippen LogP contribution < -0.4 is 14.4 Å². The van der Waals surface area contributed by atoms with Gasteiger partial charge in [0.2, 0.25) is 0 Å². The fourth-order valence-electron chi connectivity index (χ4n) is 7.27. The summed E-state index contributed by atoms with van der Waals surface area (Å²) in [6.45, 7) is 7.90. The number of hydrogen-bond donors (Lipinski definition) is 0. The van der Waals surface area contributed by atoms with Crippen molar-refractivity contribution < 1.29 is 28.5 Å². The lowest BCUT2D eigenvalue weighted by molar-refractivity contribution is -0.0394. The van der Waals surface area contributed by atoms with E-state index in [-0.39, 0.29) is 37.2 Å². The highest BCUT2D eigenvalue weighted by atomic mass is 16.7. The van der Waals surface area contributed by atoms with E-state index in [2.05, 4.69) is 15.1 Å². The van der Waals surface area contributed by atoms with Gasteiger partial charge < -0.3 is 33.5 Å². The lowest BCUT2D eigenvalue weighted by Crippen LogP contribution is -2.55. The summed E-state index contributed by atoms with van der Waals surface area (Å²) in [5.41, 5.74) is 2.89. The number of carbonyl (C=O) groups excluding carboxylic acids is 1. The lowest BCUT2D eigenvalue weighted by atomic mass is 9.95. The molecular formula is C34H44N6O6. The maximum atomic E-state index is 13.0. The Kier molecular flexibility index (Phi) is 8.50. The second kappa shape index (κ2) is 12.7. The molecule has 46 heavy (non-hydrogen) atoms. The Labute approximate surface area is 269 Å². The van der Waals surface area contributed by atoms with Gasteiger partial charge in [0.25, 0.3) is 0 Å². The normalized spacial score (nSPS) is 24.3. The molecular weight excluding hydrogens is 588 g/mol. The summed E-state index contributed by atoms with van der Waals surface area (Å²) in [7, 11) is 1.60. The molecule has 1 amide bonds. The van der Waals surface area contributed by atoms with E-state index in [0.29, 0.717) is 23.8 Å². The minimum atomic E-state index is -0.508. The minimum Gasteiger partial charge on any atom is -0.488 e. The highest BCUT2D eigenvalue weighted by Gasteiger charge is 2.47. The van der Waals surface area contributed by atoms with Crippen LogP contribution in [0.2, 0.25) is 0 Å². The number of anilines is 1. The standard InChI is InChI=1S/C34H44N6O6/c1-34(2,3)46-33(41)40-24-9-10-25(40)17-26(16-24)38-12-14-43-30-18-28(36-37-32(30)38)27-11-8-22(15-29(27)45-21-42-4)23-19-35-39(20-23)31-7-5-6-13-44-31/h8,11,15,18-20,24-26,31H,5-7,9-10,12-14,16-17,21H2,1-4H3/t24-,25+,26?,31?. The molecule has 1 aromatic carbocycles. The molecule has 3 aromatic rings. The van der Waals surface area contributed by atoms with Crippen molar-refractivity contribution in [2.75, 3.05) is 38.6 Å². The first-order chi connectivity index (χ1) is 22.3. The molecule has 246 valence electrons. The zero-order chi connectivity index (χ0) is 31.8. The van der Waals surface area contributed by atoms with Crippen LogP contribution >= 0.6 is 0 Å². The van der Waals surface area contributed by atoms with Gasteiger partial charge in [0, 0.05) is 55.2 Å². The quantitative estimate of drug-likeness (QED) is 0.295. The third kappa shape index (κ3) is 6.24. The summed E-state index contributed by atoms with van der Waals surface area (Å²) < 4.78 is 31.0. The molecule has 0 aliphatic carbocycles. The van der Waals surface area contributed by atoms with E-state index in [1.54, 1.807) is 7.11 Å². The van der Waals surface area contributed by atoms with Crippen molar-refractivity contribution in [3.8, 4) is 33.9 Å². The predicted octanol–water partition coefficient (Wildman–Crippen LogP) is 5.82. The van der Waals surface area contributed by atoms with E-state index in [4.69, 9.17) is 28.8 Å². The van der Waals surface area contributed by atoms with Crippen LogP contribution in [-0.4, -0.2) is 88.4 Å². The van der Waals surface area contributed by atoms with Gasteiger partial charge in [-0.05, 0) is 83.4 Å². The van der Waals surface area contributed by atoms with E-state index in [0.717, 1.165) is 80.6 Å². The highest BCUT2D eigenvalue weighted by molar-refractivity contribution is 5.76. The Balaban J connectivity index is 1.11. The number of nitrogens with zero attached hydrogens (tertiary/aromatic N) is 6. The number of aromatic nitrogens is 4. The average Bonchev–Trinajstić information content (AvgIpc) is 3.65. The molecule has 2 bridgehead atoms. The van der Waals surface area contributed by atoms with Crippen molar-refractivity contribution in [3.05, 3.63) is 36.7 Å². The summed E-state index contributed by atoms with van der Waals surface area (Å²) in [5, 5.41) is 14.0. The van der Waals surface area contributed by atoms with Gasteiger partial charge in [-0.25, -0.2) is 9.48 Å². The molecule has 4 aliphatic heterocycles. The molecule has 3 saturated heterocycles. The first kappa shape index (κ1) is 30.7. The van der Waals surface area contributed by atoms with Crippen molar-refractivity contribution in [2.24, 2.45) is 0 Å². The van der Waals surface area contributed by atoms with Gasteiger partial charge in [0.15, 0.2) is 18.4 Å². The van der Waals surface area contributed by atoms with Gasteiger partial charge in [-0.15, -0.1) is 10.2 Å². The van der Waals surface area contributed by atoms with Crippen molar-refractivity contribution in [3.63, 3.8) is 0 Å². The van der Waals surface area contributed by atoms with E-state index >= 15 is 0 Å². The number of amides is 1. The SMILES string of the molecule is COCOc1cc(-c2cnn(C3CCCCO3)c2)ccc1-c1cc2c(nn1)N(C1C[C@H]3CC[C@@H](C1)N3C(=O)OC(C)(C)C)CCO2. The predicted molar refractivity (Wildman–Crippen MR) is 171 cm³/mol. The number of ether oxygens (including phenoxy) is 5. The number of carbonyl (C=O) groups is 1. The van der Waals surface area contributed by atoms with Crippen molar-refractivity contribution in [1.29, 1.82) is 0 Å². The molecule has 0 saturated carbocycles. The first-order valence-electron chi connectivity index (χ1n) is 16.5. The smallest absolute Gasteiger partial charge is 0.410 e. The monoisotopic (exact) mass is 632 g/mol. The van der Waals surface area contributed by atoms with Crippen LogP contribution in [0.1, 0.15) is 71.9 Å². The number of fused-ring (bicyclic) bond motifs is 3. The van der Waals surface area contributed by atoms with Crippen molar-refractivity contribution >= 4 is 11.9 Å². The molecule has 12 heteroatoms. The molecule has 7 rings (SSSR count). The van der Waals surface area contributed by atoms with Crippen LogP contribution in [0.15, 0.2) is 36.7 Å². The van der Waals surface area contributed by atoms with Gasteiger partial charge in [-0.3, -0.25) is 0 Å². The fraction of sp³-hybridized carbons (Fsp3) is 0.588. The fourth-order valence-corrected chi connectivity index (χ4v) is 7.27. The molecule has 4 aliphatic rings. The number of piperidine rings is 1. The zero-order valence-corrected chi connectivity index (χ0v) is 27.2. The third-order valence-electron chi connectivity index (χ3n) is 9.33. The summed E-state index contributed by atoms with van der Waals surface area (Å²) >= 11 is 0. The maximum Gasteiger partial charge on any atom is 0.410 e. The molecule has 0 spiro atoms. The molecule has 0 N–H and O–H groups in total. The Morgan fingerprint density at radius 3 is 2.57 bits per heavy atom. The number of methoxy groups -OCH3 is 1. The Hall–Kier alpha value is -3.90. The van der Waals surface area contributed by atoms with Crippen LogP contribution in [0.25, 0.3) is 22.4 Å². The number of rotatable bonds is 7. The van der Waals surface area contributed by atoms with Crippen LogP contribution in [-0.2, 0) is 14.2 Å². The van der Waals surface area contributed by atoms with Crippen LogP contribution in [0, 0.1) is 0 Å². The summed E-state index contributed by atoms with van der Waals surface area (Å²) in [4.78, 5) is 17.3. The second-order valence-electron chi connectivity index (χ2n) is 13.6. The summed E-state index contributed by atoms with van der Waals surface area (Å²) in [6.07, 6.45) is 10.6. The van der Waals surface area contributed by atoms with Gasteiger partial charge >= 0.3 is 6.09 Å². The maximum absolute atomic E-state index is 13.0. The van der Waals surface area contributed by atoms with Crippen LogP contribution in [0.4, 0.5) is 10.6 Å². The van der Waals surface area contributed by atoms with E-state index in [9.17, 15) is 4.79 Å². The molecule has 2 unspecified atom stereocenters. The molecule has 12 nitrogen and oxygen atoms in total. The summed E-state index contributed by atoms with van der Waals surface area (Å²) in [6, 6.07) is 8.55. The number of hydrogen-bond acceptors (Lipinski definition) is 10. The van der Waals surface area contributed by atoms with Crippen LogP contribution in [0.5, 0.6) is 11.5 Å². The largest absolute Gasteiger partial charge is 0.488 e. The zero-order valence-electron chi connectivity index (χ0n) is 27.2. The van der Waals surface area contributed by atoms with Gasteiger partial charge in [-0.2, -0.15) is 5.10 Å². The highest BCUT2D eigenvalue weighted by Crippen LogP contribution is 2.43. The van der Waals surface area contributed by atoms with Crippen molar-refractivity contribution in [1.82, 2.24) is 24.9 Å². The van der Waals surface area contributed by atoms with E-state index < -0.39 is 5.60 Å².